The number of hydrogen-bond donors (Lipinski definition) is 2. The van der Waals surface area contributed by atoms with E-state index in [0.29, 0.717) is 6.61 Å². The molecular formula is C14H14N2O2S. The molecule has 1 aliphatic rings. The fourth-order valence-electron chi connectivity index (χ4n) is 2.08. The topological polar surface area (TPSA) is 64.4 Å². The van der Waals surface area contributed by atoms with Crippen LogP contribution < -0.4 is 15.8 Å². The van der Waals surface area contributed by atoms with Crippen molar-refractivity contribution in [3.63, 3.8) is 0 Å². The largest absolute Gasteiger partial charge is 0.493 e. The molecular weight excluding hydrogens is 260 g/mol. The first kappa shape index (κ1) is 12.2. The summed E-state index contributed by atoms with van der Waals surface area (Å²) in [5.74, 6) is 0.710. The van der Waals surface area contributed by atoms with Gasteiger partial charge in [-0.25, -0.2) is 0 Å². The highest BCUT2D eigenvalue weighted by Gasteiger charge is 2.18. The highest BCUT2D eigenvalue weighted by Crippen LogP contribution is 2.28. The third kappa shape index (κ3) is 2.47. The number of ether oxygens (including phenoxy) is 1. The minimum absolute atomic E-state index is 0.193. The summed E-state index contributed by atoms with van der Waals surface area (Å²) >= 11 is 1.48. The van der Waals surface area contributed by atoms with Crippen molar-refractivity contribution < 1.29 is 9.53 Å². The molecule has 3 rings (SSSR count). The molecule has 2 heterocycles. The predicted molar refractivity (Wildman–Crippen MR) is 75.5 cm³/mol. The van der Waals surface area contributed by atoms with Crippen LogP contribution in [0, 0.1) is 0 Å². The summed E-state index contributed by atoms with van der Waals surface area (Å²) in [6.07, 6.45) is 0.885. The number of nitrogens with one attached hydrogen (secondary N) is 1. The number of rotatable bonds is 3. The Hall–Kier alpha value is -1.85. The number of thiophene rings is 1. The van der Waals surface area contributed by atoms with Crippen molar-refractivity contribution in [2.24, 2.45) is 5.73 Å². The van der Waals surface area contributed by atoms with Crippen molar-refractivity contribution >= 4 is 22.9 Å². The number of anilines is 1. The van der Waals surface area contributed by atoms with Crippen LogP contribution in [0.3, 0.4) is 0 Å². The number of benzene rings is 1. The molecule has 5 heteroatoms. The summed E-state index contributed by atoms with van der Waals surface area (Å²) in [6.45, 7) is 0.710. The molecule has 0 fully saturated rings. The van der Waals surface area contributed by atoms with E-state index in [1.54, 1.807) is 0 Å². The third-order valence-corrected chi connectivity index (χ3v) is 4.04. The Morgan fingerprint density at radius 1 is 1.42 bits per heavy atom. The first-order valence-corrected chi connectivity index (χ1v) is 6.97. The van der Waals surface area contributed by atoms with Gasteiger partial charge in [0.15, 0.2) is 0 Å². The van der Waals surface area contributed by atoms with Crippen molar-refractivity contribution in [3.8, 4) is 5.75 Å². The number of nitrogens with two attached hydrogens (primary N) is 1. The summed E-state index contributed by atoms with van der Waals surface area (Å²) in [5.41, 5.74) is 7.81. The molecule has 0 saturated carbocycles. The second-order valence-electron chi connectivity index (χ2n) is 4.40. The average Bonchev–Trinajstić information content (AvgIpc) is 3.08. The van der Waals surface area contributed by atoms with E-state index < -0.39 is 6.04 Å². The van der Waals surface area contributed by atoms with Crippen molar-refractivity contribution in [1.82, 2.24) is 0 Å². The monoisotopic (exact) mass is 274 g/mol. The fourth-order valence-corrected chi connectivity index (χ4v) is 2.81. The van der Waals surface area contributed by atoms with Gasteiger partial charge in [-0.3, -0.25) is 4.79 Å². The van der Waals surface area contributed by atoms with Crippen LogP contribution in [0.2, 0.25) is 0 Å². The normalized spacial score (nSPS) is 14.6. The van der Waals surface area contributed by atoms with Gasteiger partial charge in [-0.2, -0.15) is 0 Å². The minimum atomic E-state index is -0.621. The summed E-state index contributed by atoms with van der Waals surface area (Å²) in [7, 11) is 0. The van der Waals surface area contributed by atoms with Crippen LogP contribution in [-0.2, 0) is 11.2 Å². The average molecular weight is 274 g/mol. The van der Waals surface area contributed by atoms with E-state index in [2.05, 4.69) is 5.32 Å². The quantitative estimate of drug-likeness (QED) is 0.902. The maximum atomic E-state index is 12.1. The maximum absolute atomic E-state index is 12.1. The van der Waals surface area contributed by atoms with Gasteiger partial charge in [0.05, 0.1) is 6.61 Å². The molecule has 1 unspecified atom stereocenters. The number of fused-ring (bicyclic) bond motifs is 1. The van der Waals surface area contributed by atoms with E-state index in [0.717, 1.165) is 28.3 Å². The van der Waals surface area contributed by atoms with Crippen LogP contribution >= 0.6 is 11.3 Å². The third-order valence-electron chi connectivity index (χ3n) is 3.09. The molecule has 0 bridgehead atoms. The zero-order valence-corrected chi connectivity index (χ0v) is 11.1. The zero-order chi connectivity index (χ0) is 13.2. The molecule has 1 aliphatic heterocycles. The molecule has 1 aromatic heterocycles. The van der Waals surface area contributed by atoms with Crippen LogP contribution in [0.15, 0.2) is 35.7 Å². The molecule has 3 N–H and O–H groups in total. The number of carbonyl (C=O) groups is 1. The Kier molecular flexibility index (Phi) is 3.23. The van der Waals surface area contributed by atoms with Gasteiger partial charge in [-0.1, -0.05) is 6.07 Å². The maximum Gasteiger partial charge on any atom is 0.246 e. The predicted octanol–water partition coefficient (Wildman–Crippen LogP) is 2.32. The van der Waals surface area contributed by atoms with Gasteiger partial charge in [0.2, 0.25) is 5.91 Å². The number of carbonyl (C=O) groups excluding carboxylic acids is 1. The van der Waals surface area contributed by atoms with Gasteiger partial charge < -0.3 is 15.8 Å². The van der Waals surface area contributed by atoms with E-state index >= 15 is 0 Å². The Balaban J connectivity index is 1.73. The van der Waals surface area contributed by atoms with Gasteiger partial charge in [-0.05, 0) is 35.2 Å². The summed E-state index contributed by atoms with van der Waals surface area (Å²) in [6, 6.07) is 8.80. The second-order valence-corrected chi connectivity index (χ2v) is 5.38. The molecule has 0 aliphatic carbocycles. The van der Waals surface area contributed by atoms with E-state index in [1.807, 2.05) is 35.7 Å². The highest BCUT2D eigenvalue weighted by molar-refractivity contribution is 7.10. The molecule has 0 saturated heterocycles. The van der Waals surface area contributed by atoms with Gasteiger partial charge in [0.25, 0.3) is 0 Å². The van der Waals surface area contributed by atoms with Crippen LogP contribution in [0.25, 0.3) is 0 Å². The first-order valence-electron chi connectivity index (χ1n) is 6.09. The molecule has 0 spiro atoms. The lowest BCUT2D eigenvalue weighted by molar-refractivity contribution is -0.117. The second kappa shape index (κ2) is 5.03. The highest BCUT2D eigenvalue weighted by atomic mass is 32.1. The number of amides is 1. The lowest BCUT2D eigenvalue weighted by atomic mass is 10.1. The Labute approximate surface area is 115 Å². The zero-order valence-electron chi connectivity index (χ0n) is 10.3. The van der Waals surface area contributed by atoms with E-state index in [-0.39, 0.29) is 5.91 Å². The lowest BCUT2D eigenvalue weighted by Gasteiger charge is -2.11. The van der Waals surface area contributed by atoms with Crippen LogP contribution in [0.4, 0.5) is 5.69 Å². The lowest BCUT2D eigenvalue weighted by Crippen LogP contribution is -2.26. The smallest absolute Gasteiger partial charge is 0.246 e. The summed E-state index contributed by atoms with van der Waals surface area (Å²) in [4.78, 5) is 12.9. The van der Waals surface area contributed by atoms with Gasteiger partial charge in [-0.15, -0.1) is 11.3 Å². The fraction of sp³-hybridized carbons (Fsp3) is 0.214. The van der Waals surface area contributed by atoms with Crippen molar-refractivity contribution in [1.29, 1.82) is 0 Å². The van der Waals surface area contributed by atoms with Crippen molar-refractivity contribution in [2.45, 2.75) is 12.5 Å². The molecule has 4 nitrogen and oxygen atoms in total. The first-order chi connectivity index (χ1) is 9.24. The van der Waals surface area contributed by atoms with E-state index in [4.69, 9.17) is 10.5 Å². The molecule has 1 amide bonds. The standard InChI is InChI=1S/C14H14N2O2S/c15-13(12-2-1-7-19-12)14(17)16-10-3-4-11-9(8-10)5-6-18-11/h1-4,7-8,13H,5-6,15H2,(H,16,17). The Morgan fingerprint density at radius 2 is 2.32 bits per heavy atom. The Morgan fingerprint density at radius 3 is 3.11 bits per heavy atom. The van der Waals surface area contributed by atoms with E-state index in [9.17, 15) is 4.79 Å². The van der Waals surface area contributed by atoms with Crippen LogP contribution in [0.1, 0.15) is 16.5 Å². The van der Waals surface area contributed by atoms with Crippen LogP contribution in [0.5, 0.6) is 5.75 Å². The minimum Gasteiger partial charge on any atom is -0.493 e. The number of hydrogen-bond acceptors (Lipinski definition) is 4. The summed E-state index contributed by atoms with van der Waals surface area (Å²) in [5, 5.41) is 4.76. The van der Waals surface area contributed by atoms with Gasteiger partial charge in [0, 0.05) is 17.0 Å². The van der Waals surface area contributed by atoms with Crippen molar-refractivity contribution in [3.05, 3.63) is 46.2 Å². The molecule has 1 aromatic carbocycles. The Bertz CT molecular complexity index is 595. The molecule has 98 valence electrons. The van der Waals surface area contributed by atoms with Gasteiger partial charge >= 0.3 is 0 Å². The molecule has 2 aromatic rings. The van der Waals surface area contributed by atoms with Gasteiger partial charge in [0.1, 0.15) is 11.8 Å². The summed E-state index contributed by atoms with van der Waals surface area (Å²) < 4.78 is 5.43. The van der Waals surface area contributed by atoms with E-state index in [1.165, 1.54) is 11.3 Å². The molecule has 19 heavy (non-hydrogen) atoms. The SMILES string of the molecule is NC(C(=O)Nc1ccc2c(c1)CCO2)c1cccs1. The van der Waals surface area contributed by atoms with Crippen LogP contribution in [-0.4, -0.2) is 12.5 Å². The molecule has 0 radical (unpaired) electrons. The van der Waals surface area contributed by atoms with Crippen molar-refractivity contribution in [2.75, 3.05) is 11.9 Å². The molecule has 1 atom stereocenters.